The van der Waals surface area contributed by atoms with Crippen LogP contribution in [0.15, 0.2) is 0 Å². The second-order valence-electron chi connectivity index (χ2n) is 3.93. The molecule has 1 aliphatic carbocycles. The van der Waals surface area contributed by atoms with Gasteiger partial charge in [-0.05, 0) is 26.7 Å². The van der Waals surface area contributed by atoms with Crippen LogP contribution in [0.4, 0.5) is 0 Å². The number of aliphatic hydroxyl groups excluding tert-OH is 1. The summed E-state index contributed by atoms with van der Waals surface area (Å²) in [5.41, 5.74) is 0. The Labute approximate surface area is 74.9 Å². The molecule has 0 aliphatic heterocycles. The van der Waals surface area contributed by atoms with Gasteiger partial charge in [0.05, 0.1) is 18.3 Å². The minimum atomic E-state index is -0.227. The summed E-state index contributed by atoms with van der Waals surface area (Å²) in [5, 5.41) is 9.67. The third kappa shape index (κ3) is 3.11. The zero-order chi connectivity index (χ0) is 8.97. The first-order valence-corrected chi connectivity index (χ1v) is 5.03. The number of ether oxygens (including phenoxy) is 1. The molecule has 2 nitrogen and oxygen atoms in total. The molecule has 0 radical (unpaired) electrons. The Morgan fingerprint density at radius 2 is 1.83 bits per heavy atom. The molecular weight excluding hydrogens is 152 g/mol. The lowest BCUT2D eigenvalue weighted by Crippen LogP contribution is -2.30. The first kappa shape index (κ1) is 10.0. The van der Waals surface area contributed by atoms with Crippen molar-refractivity contribution in [3.05, 3.63) is 0 Å². The van der Waals surface area contributed by atoms with Gasteiger partial charge in [0.1, 0.15) is 0 Å². The average Bonchev–Trinajstić information content (AvgIpc) is 2.16. The lowest BCUT2D eigenvalue weighted by atomic mass is 10.1. The lowest BCUT2D eigenvalue weighted by molar-refractivity contribution is -0.0670. The summed E-state index contributed by atoms with van der Waals surface area (Å²) in [6.07, 6.45) is 5.64. The van der Waals surface area contributed by atoms with E-state index in [0.717, 1.165) is 19.3 Å². The van der Waals surface area contributed by atoms with Gasteiger partial charge in [0, 0.05) is 0 Å². The van der Waals surface area contributed by atoms with E-state index < -0.39 is 0 Å². The van der Waals surface area contributed by atoms with E-state index in [2.05, 4.69) is 0 Å². The van der Waals surface area contributed by atoms with Crippen LogP contribution in [-0.4, -0.2) is 23.4 Å². The van der Waals surface area contributed by atoms with Gasteiger partial charge in [0.25, 0.3) is 0 Å². The van der Waals surface area contributed by atoms with E-state index in [1.807, 2.05) is 13.8 Å². The van der Waals surface area contributed by atoms with Crippen LogP contribution in [0.5, 0.6) is 0 Å². The highest BCUT2D eigenvalue weighted by Crippen LogP contribution is 2.21. The first-order valence-electron chi connectivity index (χ1n) is 5.03. The Balaban J connectivity index is 2.36. The maximum atomic E-state index is 9.67. The van der Waals surface area contributed by atoms with Crippen LogP contribution in [0.25, 0.3) is 0 Å². The third-order valence-electron chi connectivity index (χ3n) is 2.36. The summed E-state index contributed by atoms with van der Waals surface area (Å²) >= 11 is 0. The summed E-state index contributed by atoms with van der Waals surface area (Å²) in [7, 11) is 0. The van der Waals surface area contributed by atoms with Gasteiger partial charge in [0.15, 0.2) is 0 Å². The minimum Gasteiger partial charge on any atom is -0.390 e. The van der Waals surface area contributed by atoms with E-state index in [1.54, 1.807) is 0 Å². The molecule has 2 atom stereocenters. The van der Waals surface area contributed by atoms with Gasteiger partial charge in [-0.1, -0.05) is 19.3 Å². The van der Waals surface area contributed by atoms with Crippen molar-refractivity contribution in [3.8, 4) is 0 Å². The van der Waals surface area contributed by atoms with Crippen LogP contribution in [0.1, 0.15) is 46.0 Å². The fourth-order valence-electron chi connectivity index (χ4n) is 1.76. The van der Waals surface area contributed by atoms with Crippen LogP contribution in [0, 0.1) is 0 Å². The van der Waals surface area contributed by atoms with Crippen LogP contribution < -0.4 is 0 Å². The SMILES string of the molecule is CC(C)OC1CCCCCC1O. The molecule has 1 N–H and O–H groups in total. The fraction of sp³-hybridized carbons (Fsp3) is 1.00. The van der Waals surface area contributed by atoms with Crippen molar-refractivity contribution in [3.63, 3.8) is 0 Å². The Morgan fingerprint density at radius 1 is 1.17 bits per heavy atom. The van der Waals surface area contributed by atoms with Crippen molar-refractivity contribution in [2.75, 3.05) is 0 Å². The molecule has 1 rings (SSSR count). The molecule has 2 unspecified atom stereocenters. The largest absolute Gasteiger partial charge is 0.390 e. The predicted molar refractivity (Wildman–Crippen MR) is 49.1 cm³/mol. The van der Waals surface area contributed by atoms with Crippen molar-refractivity contribution < 1.29 is 9.84 Å². The highest BCUT2D eigenvalue weighted by molar-refractivity contribution is 4.73. The second-order valence-corrected chi connectivity index (χ2v) is 3.93. The summed E-state index contributed by atoms with van der Waals surface area (Å²) in [6, 6.07) is 0. The zero-order valence-corrected chi connectivity index (χ0v) is 8.12. The molecule has 0 bridgehead atoms. The van der Waals surface area contributed by atoms with Gasteiger partial charge >= 0.3 is 0 Å². The van der Waals surface area contributed by atoms with Crippen molar-refractivity contribution in [1.82, 2.24) is 0 Å². The second kappa shape index (κ2) is 4.83. The van der Waals surface area contributed by atoms with Gasteiger partial charge in [-0.3, -0.25) is 0 Å². The van der Waals surface area contributed by atoms with Gasteiger partial charge in [-0.15, -0.1) is 0 Å². The summed E-state index contributed by atoms with van der Waals surface area (Å²) in [4.78, 5) is 0. The van der Waals surface area contributed by atoms with Crippen molar-refractivity contribution >= 4 is 0 Å². The molecule has 1 saturated carbocycles. The van der Waals surface area contributed by atoms with Gasteiger partial charge in [-0.25, -0.2) is 0 Å². The van der Waals surface area contributed by atoms with Crippen LogP contribution >= 0.6 is 0 Å². The van der Waals surface area contributed by atoms with E-state index in [1.165, 1.54) is 12.8 Å². The predicted octanol–water partition coefficient (Wildman–Crippen LogP) is 2.11. The maximum absolute atomic E-state index is 9.67. The van der Waals surface area contributed by atoms with E-state index in [9.17, 15) is 5.11 Å². The quantitative estimate of drug-likeness (QED) is 0.646. The Bertz CT molecular complexity index is 123. The van der Waals surface area contributed by atoms with E-state index >= 15 is 0 Å². The van der Waals surface area contributed by atoms with Gasteiger partial charge in [0.2, 0.25) is 0 Å². The molecule has 0 spiro atoms. The van der Waals surface area contributed by atoms with Crippen molar-refractivity contribution in [1.29, 1.82) is 0 Å². The minimum absolute atomic E-state index is 0.0903. The standard InChI is InChI=1S/C10H20O2/c1-8(2)12-10-7-5-3-4-6-9(10)11/h8-11H,3-7H2,1-2H3. The summed E-state index contributed by atoms with van der Waals surface area (Å²) in [6.45, 7) is 4.05. The molecule has 0 saturated heterocycles. The van der Waals surface area contributed by atoms with Gasteiger partial charge in [-0.2, -0.15) is 0 Å². The Kier molecular flexibility index (Phi) is 4.02. The average molecular weight is 172 g/mol. The monoisotopic (exact) mass is 172 g/mol. The number of hydrogen-bond acceptors (Lipinski definition) is 2. The fourth-order valence-corrected chi connectivity index (χ4v) is 1.76. The molecular formula is C10H20O2. The Morgan fingerprint density at radius 3 is 2.50 bits per heavy atom. The normalized spacial score (nSPS) is 32.0. The summed E-state index contributed by atoms with van der Waals surface area (Å²) < 4.78 is 5.63. The molecule has 12 heavy (non-hydrogen) atoms. The van der Waals surface area contributed by atoms with Crippen LogP contribution in [0.2, 0.25) is 0 Å². The smallest absolute Gasteiger partial charge is 0.0837 e. The van der Waals surface area contributed by atoms with Crippen LogP contribution in [-0.2, 0) is 4.74 Å². The molecule has 0 amide bonds. The lowest BCUT2D eigenvalue weighted by Gasteiger charge is -2.23. The maximum Gasteiger partial charge on any atom is 0.0837 e. The molecule has 72 valence electrons. The van der Waals surface area contributed by atoms with Crippen molar-refractivity contribution in [2.45, 2.75) is 64.3 Å². The Hall–Kier alpha value is -0.0800. The molecule has 0 aromatic carbocycles. The van der Waals surface area contributed by atoms with Crippen LogP contribution in [0.3, 0.4) is 0 Å². The molecule has 0 aromatic heterocycles. The molecule has 2 heteroatoms. The van der Waals surface area contributed by atoms with Crippen molar-refractivity contribution in [2.24, 2.45) is 0 Å². The highest BCUT2D eigenvalue weighted by Gasteiger charge is 2.22. The molecule has 0 heterocycles. The number of hydrogen-bond donors (Lipinski definition) is 1. The molecule has 1 fully saturated rings. The topological polar surface area (TPSA) is 29.5 Å². The van der Waals surface area contributed by atoms with E-state index in [4.69, 9.17) is 4.74 Å². The third-order valence-corrected chi connectivity index (χ3v) is 2.36. The first-order chi connectivity index (χ1) is 5.70. The zero-order valence-electron chi connectivity index (χ0n) is 8.12. The molecule has 1 aliphatic rings. The molecule has 0 aromatic rings. The van der Waals surface area contributed by atoms with Gasteiger partial charge < -0.3 is 9.84 Å². The van der Waals surface area contributed by atoms with E-state index in [-0.39, 0.29) is 18.3 Å². The number of aliphatic hydroxyl groups is 1. The van der Waals surface area contributed by atoms with E-state index in [0.29, 0.717) is 0 Å². The summed E-state index contributed by atoms with van der Waals surface area (Å²) in [5.74, 6) is 0. The highest BCUT2D eigenvalue weighted by atomic mass is 16.5. The number of rotatable bonds is 2.